The van der Waals surface area contributed by atoms with Gasteiger partial charge in [0.2, 0.25) is 0 Å². The third kappa shape index (κ3) is 4.82. The van der Waals surface area contributed by atoms with Gasteiger partial charge in [-0.3, -0.25) is 0 Å². The average molecular weight is 380 g/mol. The molecule has 28 heavy (non-hydrogen) atoms. The molecule has 1 heterocycles. The van der Waals surface area contributed by atoms with Gasteiger partial charge in [-0.15, -0.1) is 0 Å². The van der Waals surface area contributed by atoms with E-state index in [-0.39, 0.29) is 0 Å². The number of benzene rings is 1. The summed E-state index contributed by atoms with van der Waals surface area (Å²) in [7, 11) is 4.04. The molecular formula is C23H33N5. The second-order valence-corrected chi connectivity index (χ2v) is 8.67. The van der Waals surface area contributed by atoms with Gasteiger partial charge in [0.15, 0.2) is 0 Å². The molecule has 0 saturated heterocycles. The van der Waals surface area contributed by atoms with Crippen molar-refractivity contribution in [3.8, 4) is 0 Å². The van der Waals surface area contributed by atoms with Crippen LogP contribution >= 0.6 is 0 Å². The van der Waals surface area contributed by atoms with E-state index in [9.17, 15) is 0 Å². The number of aromatic nitrogens is 2. The van der Waals surface area contributed by atoms with Crippen LogP contribution in [0.25, 0.3) is 0 Å². The molecule has 2 atom stereocenters. The first-order chi connectivity index (χ1) is 13.6. The lowest BCUT2D eigenvalue weighted by Crippen LogP contribution is -2.38. The fraction of sp³-hybridized carbons (Fsp3) is 0.565. The Balaban J connectivity index is 1.20. The lowest BCUT2D eigenvalue weighted by molar-refractivity contribution is 0.349. The second-order valence-electron chi connectivity index (χ2n) is 8.67. The Hall–Kier alpha value is -2.14. The minimum Gasteiger partial charge on any atom is -0.367 e. The van der Waals surface area contributed by atoms with Crippen molar-refractivity contribution in [3.63, 3.8) is 0 Å². The highest BCUT2D eigenvalue weighted by molar-refractivity contribution is 5.49. The number of anilines is 2. The van der Waals surface area contributed by atoms with Crippen LogP contribution < -0.4 is 15.5 Å². The van der Waals surface area contributed by atoms with Crippen LogP contribution in [0.5, 0.6) is 0 Å². The maximum Gasteiger partial charge on any atom is 0.133 e. The van der Waals surface area contributed by atoms with Gasteiger partial charge in [-0.1, -0.05) is 30.3 Å². The van der Waals surface area contributed by atoms with E-state index in [4.69, 9.17) is 0 Å². The summed E-state index contributed by atoms with van der Waals surface area (Å²) >= 11 is 0. The molecule has 0 radical (unpaired) electrons. The summed E-state index contributed by atoms with van der Waals surface area (Å²) in [5, 5.41) is 7.48. The van der Waals surface area contributed by atoms with E-state index in [1.54, 1.807) is 0 Å². The molecule has 1 aromatic heterocycles. The molecule has 5 heteroatoms. The number of nitrogens with zero attached hydrogens (tertiary/aromatic N) is 3. The first-order valence-electron chi connectivity index (χ1n) is 10.7. The molecule has 2 fully saturated rings. The predicted molar refractivity (Wildman–Crippen MR) is 116 cm³/mol. The van der Waals surface area contributed by atoms with E-state index in [1.165, 1.54) is 44.2 Å². The van der Waals surface area contributed by atoms with Gasteiger partial charge in [0, 0.05) is 32.2 Å². The lowest BCUT2D eigenvalue weighted by atomic mass is 9.91. The van der Waals surface area contributed by atoms with Gasteiger partial charge in [0.1, 0.15) is 17.5 Å². The van der Waals surface area contributed by atoms with E-state index in [2.05, 4.69) is 50.9 Å². The highest BCUT2D eigenvalue weighted by atomic mass is 15.2. The summed E-state index contributed by atoms with van der Waals surface area (Å²) in [5.41, 5.74) is 1.51. The van der Waals surface area contributed by atoms with Crippen molar-refractivity contribution in [3.05, 3.63) is 47.8 Å². The van der Waals surface area contributed by atoms with Gasteiger partial charge in [0.05, 0.1) is 0 Å². The maximum atomic E-state index is 4.57. The monoisotopic (exact) mass is 379 g/mol. The molecule has 2 saturated carbocycles. The number of aryl methyl sites for hydroxylation is 1. The number of hydrogen-bond donors (Lipinski definition) is 2. The maximum absolute atomic E-state index is 4.57. The summed E-state index contributed by atoms with van der Waals surface area (Å²) in [6.07, 6.45) is 6.22. The van der Waals surface area contributed by atoms with Crippen LogP contribution in [0.2, 0.25) is 0 Å². The Morgan fingerprint density at radius 3 is 2.43 bits per heavy atom. The molecule has 0 bridgehead atoms. The van der Waals surface area contributed by atoms with Crippen LogP contribution in [-0.2, 0) is 0 Å². The molecule has 2 N–H and O–H groups in total. The van der Waals surface area contributed by atoms with E-state index < -0.39 is 0 Å². The molecule has 1 unspecified atom stereocenters. The molecule has 0 aliphatic heterocycles. The van der Waals surface area contributed by atoms with Gasteiger partial charge >= 0.3 is 0 Å². The third-order valence-electron chi connectivity index (χ3n) is 6.18. The van der Waals surface area contributed by atoms with E-state index in [0.29, 0.717) is 12.1 Å². The van der Waals surface area contributed by atoms with Crippen LogP contribution in [0.4, 0.5) is 11.6 Å². The van der Waals surface area contributed by atoms with E-state index in [0.717, 1.165) is 29.3 Å². The van der Waals surface area contributed by atoms with Crippen LogP contribution in [0.3, 0.4) is 0 Å². The van der Waals surface area contributed by atoms with Gasteiger partial charge in [-0.2, -0.15) is 0 Å². The molecule has 1 aromatic carbocycles. The minimum atomic E-state index is 0.514. The van der Waals surface area contributed by atoms with E-state index in [1.807, 2.05) is 32.0 Å². The zero-order chi connectivity index (χ0) is 19.5. The predicted octanol–water partition coefficient (Wildman–Crippen LogP) is 3.97. The summed E-state index contributed by atoms with van der Waals surface area (Å²) in [4.78, 5) is 11.1. The van der Waals surface area contributed by atoms with E-state index >= 15 is 0 Å². The van der Waals surface area contributed by atoms with Crippen molar-refractivity contribution >= 4 is 11.6 Å². The Labute approximate surface area is 169 Å². The normalized spacial score (nSPS) is 26.7. The zero-order valence-electron chi connectivity index (χ0n) is 17.4. The van der Waals surface area contributed by atoms with Crippen molar-refractivity contribution in [1.29, 1.82) is 0 Å². The number of rotatable bonds is 7. The van der Waals surface area contributed by atoms with Crippen LogP contribution in [-0.4, -0.2) is 42.7 Å². The Morgan fingerprint density at radius 1 is 1.00 bits per heavy atom. The summed E-state index contributed by atoms with van der Waals surface area (Å²) in [6.45, 7) is 3.12. The summed E-state index contributed by atoms with van der Waals surface area (Å²) in [5.74, 6) is 4.34. The summed E-state index contributed by atoms with van der Waals surface area (Å²) in [6, 6.07) is 14.2. The quantitative estimate of drug-likeness (QED) is 0.762. The first-order valence-corrected chi connectivity index (χ1v) is 10.7. The second kappa shape index (κ2) is 8.48. The smallest absolute Gasteiger partial charge is 0.133 e. The van der Waals surface area contributed by atoms with Crippen molar-refractivity contribution in [2.45, 2.75) is 57.0 Å². The molecule has 4 rings (SSSR count). The van der Waals surface area contributed by atoms with Gasteiger partial charge in [-0.25, -0.2) is 9.97 Å². The molecule has 0 spiro atoms. The number of hydrogen-bond acceptors (Lipinski definition) is 5. The fourth-order valence-corrected chi connectivity index (χ4v) is 4.41. The third-order valence-corrected chi connectivity index (χ3v) is 6.18. The molecule has 5 nitrogen and oxygen atoms in total. The topological polar surface area (TPSA) is 53.1 Å². The Morgan fingerprint density at radius 2 is 1.71 bits per heavy atom. The number of nitrogens with one attached hydrogen (secondary N) is 2. The van der Waals surface area contributed by atoms with Gasteiger partial charge in [-0.05, 0) is 63.0 Å². The Kier molecular flexibility index (Phi) is 5.81. The van der Waals surface area contributed by atoms with Crippen molar-refractivity contribution in [2.75, 3.05) is 30.9 Å². The average Bonchev–Trinajstić information content (AvgIpc) is 3.47. The molecule has 150 valence electrons. The standard InChI is InChI=1S/C23H33N5/c1-16-25-22(14-23(26-16)28(2)3)27-20-11-9-19(10-12-20)24-15-18-13-21(18)17-7-5-4-6-8-17/h4-8,14,18-21,24H,9-13,15H2,1-3H3,(H,25,26,27)/t18?,19?,20?,21-/m0/s1. The fourth-order valence-electron chi connectivity index (χ4n) is 4.41. The van der Waals surface area contributed by atoms with Crippen molar-refractivity contribution in [2.24, 2.45) is 5.92 Å². The SMILES string of the molecule is Cc1nc(NC2CCC(NCC3C[C@H]3c3ccccc3)CC2)cc(N(C)C)n1. The van der Waals surface area contributed by atoms with Gasteiger partial charge in [0.25, 0.3) is 0 Å². The highest BCUT2D eigenvalue weighted by Gasteiger charge is 2.38. The minimum absolute atomic E-state index is 0.514. The molecule has 2 aliphatic rings. The molecule has 2 aromatic rings. The Bertz CT molecular complexity index is 768. The first kappa shape index (κ1) is 19.2. The largest absolute Gasteiger partial charge is 0.367 e. The van der Waals surface area contributed by atoms with Crippen molar-refractivity contribution in [1.82, 2.24) is 15.3 Å². The van der Waals surface area contributed by atoms with Crippen LogP contribution in [0, 0.1) is 12.8 Å². The highest BCUT2D eigenvalue weighted by Crippen LogP contribution is 2.47. The zero-order valence-corrected chi connectivity index (χ0v) is 17.4. The van der Waals surface area contributed by atoms with Crippen LogP contribution in [0.1, 0.15) is 49.4 Å². The summed E-state index contributed by atoms with van der Waals surface area (Å²) < 4.78 is 0. The molecular weight excluding hydrogens is 346 g/mol. The molecule has 0 amide bonds. The van der Waals surface area contributed by atoms with Gasteiger partial charge < -0.3 is 15.5 Å². The molecule has 2 aliphatic carbocycles. The lowest BCUT2D eigenvalue weighted by Gasteiger charge is -2.30. The van der Waals surface area contributed by atoms with Crippen molar-refractivity contribution < 1.29 is 0 Å². The van der Waals surface area contributed by atoms with Crippen LogP contribution in [0.15, 0.2) is 36.4 Å².